The average molecular weight is 193 g/mol. The third kappa shape index (κ3) is 1.68. The molecule has 0 bridgehead atoms. The van der Waals surface area contributed by atoms with Gasteiger partial charge in [0, 0.05) is 11.8 Å². The average Bonchev–Trinajstić information content (AvgIpc) is 2.71. The highest BCUT2D eigenvalue weighted by Crippen LogP contribution is 2.37. The second kappa shape index (κ2) is 3.71. The van der Waals surface area contributed by atoms with Crippen LogP contribution in [-0.4, -0.2) is 15.2 Å². The van der Waals surface area contributed by atoms with E-state index in [2.05, 4.69) is 36.0 Å². The fourth-order valence-corrected chi connectivity index (χ4v) is 2.26. The molecule has 1 aliphatic rings. The van der Waals surface area contributed by atoms with Crippen LogP contribution in [0.3, 0.4) is 0 Å². The number of nitrogens with one attached hydrogen (secondary N) is 1. The molecule has 0 aromatic carbocycles. The molecule has 0 spiro atoms. The molecule has 14 heavy (non-hydrogen) atoms. The van der Waals surface area contributed by atoms with Crippen LogP contribution in [0.1, 0.15) is 63.5 Å². The minimum absolute atomic E-state index is 0.428. The van der Waals surface area contributed by atoms with Gasteiger partial charge in [0.25, 0.3) is 0 Å². The topological polar surface area (TPSA) is 41.6 Å². The third-order valence-electron chi connectivity index (χ3n) is 3.25. The second-order valence-corrected chi connectivity index (χ2v) is 4.75. The fraction of sp³-hybridized carbons (Fsp3) is 0.818. The molecular weight excluding hydrogens is 174 g/mol. The Morgan fingerprint density at radius 3 is 2.64 bits per heavy atom. The predicted octanol–water partition coefficient (Wildman–Crippen LogP) is 2.83. The van der Waals surface area contributed by atoms with Crippen molar-refractivity contribution in [1.29, 1.82) is 0 Å². The molecule has 2 rings (SSSR count). The maximum absolute atomic E-state index is 4.58. The van der Waals surface area contributed by atoms with Crippen LogP contribution in [0.2, 0.25) is 0 Å². The zero-order valence-electron chi connectivity index (χ0n) is 9.25. The normalized spacial score (nSPS) is 27.4. The first-order valence-electron chi connectivity index (χ1n) is 5.60. The fourth-order valence-electron chi connectivity index (χ4n) is 2.26. The van der Waals surface area contributed by atoms with Crippen LogP contribution in [0.15, 0.2) is 0 Å². The molecule has 1 N–H and O–H groups in total. The number of nitrogens with zero attached hydrogens (tertiary/aromatic N) is 2. The lowest BCUT2D eigenvalue weighted by Crippen LogP contribution is -2.04. The monoisotopic (exact) mass is 193 g/mol. The van der Waals surface area contributed by atoms with E-state index in [4.69, 9.17) is 0 Å². The minimum atomic E-state index is 0.428. The molecule has 1 fully saturated rings. The maximum Gasteiger partial charge on any atom is 0.153 e. The first kappa shape index (κ1) is 9.69. The number of rotatable bonds is 2. The Kier molecular flexibility index (Phi) is 2.57. The van der Waals surface area contributed by atoms with Gasteiger partial charge in [-0.3, -0.25) is 5.10 Å². The number of aromatic nitrogens is 3. The van der Waals surface area contributed by atoms with Gasteiger partial charge >= 0.3 is 0 Å². The largest absolute Gasteiger partial charge is 0.263 e. The van der Waals surface area contributed by atoms with E-state index in [1.807, 2.05) is 0 Å². The minimum Gasteiger partial charge on any atom is -0.263 e. The molecule has 78 valence electrons. The second-order valence-electron chi connectivity index (χ2n) is 4.75. The molecule has 0 saturated heterocycles. The summed E-state index contributed by atoms with van der Waals surface area (Å²) in [5.41, 5.74) is 0. The molecule has 1 aromatic rings. The zero-order chi connectivity index (χ0) is 10.1. The van der Waals surface area contributed by atoms with Gasteiger partial charge < -0.3 is 0 Å². The van der Waals surface area contributed by atoms with Crippen molar-refractivity contribution < 1.29 is 0 Å². The first-order valence-corrected chi connectivity index (χ1v) is 5.60. The van der Waals surface area contributed by atoms with Gasteiger partial charge in [-0.2, -0.15) is 5.10 Å². The van der Waals surface area contributed by atoms with Gasteiger partial charge in [-0.1, -0.05) is 27.2 Å². The summed E-state index contributed by atoms with van der Waals surface area (Å²) in [6.07, 6.45) is 3.94. The van der Waals surface area contributed by atoms with E-state index in [0.29, 0.717) is 11.8 Å². The van der Waals surface area contributed by atoms with E-state index >= 15 is 0 Å². The van der Waals surface area contributed by atoms with Crippen molar-refractivity contribution in [2.45, 2.75) is 51.9 Å². The molecule has 1 saturated carbocycles. The van der Waals surface area contributed by atoms with Crippen LogP contribution >= 0.6 is 0 Å². The molecule has 0 radical (unpaired) electrons. The summed E-state index contributed by atoms with van der Waals surface area (Å²) in [7, 11) is 0. The van der Waals surface area contributed by atoms with Crippen molar-refractivity contribution in [3.8, 4) is 0 Å². The van der Waals surface area contributed by atoms with E-state index in [0.717, 1.165) is 17.6 Å². The van der Waals surface area contributed by atoms with Crippen LogP contribution in [-0.2, 0) is 0 Å². The van der Waals surface area contributed by atoms with Crippen LogP contribution in [0.25, 0.3) is 0 Å². The van der Waals surface area contributed by atoms with Crippen LogP contribution in [0, 0.1) is 5.92 Å². The Balaban J connectivity index is 2.16. The molecule has 3 heteroatoms. The molecule has 2 atom stereocenters. The Hall–Kier alpha value is -0.860. The Labute approximate surface area is 85.3 Å². The van der Waals surface area contributed by atoms with Crippen LogP contribution in [0.4, 0.5) is 0 Å². The van der Waals surface area contributed by atoms with Crippen molar-refractivity contribution in [1.82, 2.24) is 15.2 Å². The molecule has 1 aliphatic carbocycles. The molecular formula is C11H19N3. The predicted molar refractivity (Wildman–Crippen MR) is 56.2 cm³/mol. The van der Waals surface area contributed by atoms with Crippen LogP contribution in [0.5, 0.6) is 0 Å². The number of aromatic amines is 1. The molecule has 1 heterocycles. The highest BCUT2D eigenvalue weighted by Gasteiger charge is 2.27. The highest BCUT2D eigenvalue weighted by molar-refractivity contribution is 5.03. The van der Waals surface area contributed by atoms with Gasteiger partial charge in [-0.05, 0) is 18.8 Å². The zero-order valence-corrected chi connectivity index (χ0v) is 9.25. The Morgan fingerprint density at radius 2 is 2.14 bits per heavy atom. The Bertz CT molecular complexity index is 303. The van der Waals surface area contributed by atoms with Gasteiger partial charge in [0.1, 0.15) is 5.82 Å². The number of H-pyrrole nitrogens is 1. The van der Waals surface area contributed by atoms with Gasteiger partial charge in [-0.15, -0.1) is 0 Å². The van der Waals surface area contributed by atoms with E-state index in [9.17, 15) is 0 Å². The molecule has 1 aromatic heterocycles. The van der Waals surface area contributed by atoms with E-state index in [-0.39, 0.29) is 0 Å². The van der Waals surface area contributed by atoms with Crippen LogP contribution < -0.4 is 0 Å². The summed E-state index contributed by atoms with van der Waals surface area (Å²) in [6.45, 7) is 6.57. The van der Waals surface area contributed by atoms with Gasteiger partial charge in [-0.25, -0.2) is 4.98 Å². The summed E-state index contributed by atoms with van der Waals surface area (Å²) in [4.78, 5) is 4.58. The number of hydrogen-bond acceptors (Lipinski definition) is 2. The molecule has 0 aliphatic heterocycles. The highest BCUT2D eigenvalue weighted by atomic mass is 15.2. The van der Waals surface area contributed by atoms with E-state index in [1.54, 1.807) is 0 Å². The summed E-state index contributed by atoms with van der Waals surface area (Å²) < 4.78 is 0. The maximum atomic E-state index is 4.58. The summed E-state index contributed by atoms with van der Waals surface area (Å²) in [6, 6.07) is 0. The van der Waals surface area contributed by atoms with Gasteiger partial charge in [0.05, 0.1) is 0 Å². The summed E-state index contributed by atoms with van der Waals surface area (Å²) in [5.74, 6) is 3.88. The van der Waals surface area contributed by atoms with Crippen molar-refractivity contribution in [3.63, 3.8) is 0 Å². The van der Waals surface area contributed by atoms with Crippen molar-refractivity contribution in [2.75, 3.05) is 0 Å². The standard InChI is InChI=1S/C11H19N3/c1-7(2)10-12-11(14-13-10)9-6-4-5-8(9)3/h7-9H,4-6H2,1-3H3,(H,12,13,14). The Morgan fingerprint density at radius 1 is 1.36 bits per heavy atom. The van der Waals surface area contributed by atoms with E-state index in [1.165, 1.54) is 19.3 Å². The lowest BCUT2D eigenvalue weighted by atomic mass is 9.98. The van der Waals surface area contributed by atoms with Crippen molar-refractivity contribution >= 4 is 0 Å². The van der Waals surface area contributed by atoms with Crippen molar-refractivity contribution in [2.24, 2.45) is 5.92 Å². The molecule has 0 amide bonds. The quantitative estimate of drug-likeness (QED) is 0.784. The van der Waals surface area contributed by atoms with E-state index < -0.39 is 0 Å². The smallest absolute Gasteiger partial charge is 0.153 e. The first-order chi connectivity index (χ1) is 6.68. The van der Waals surface area contributed by atoms with Crippen molar-refractivity contribution in [3.05, 3.63) is 11.6 Å². The lowest BCUT2D eigenvalue weighted by molar-refractivity contribution is 0.510. The van der Waals surface area contributed by atoms with Gasteiger partial charge in [0.15, 0.2) is 5.82 Å². The summed E-state index contributed by atoms with van der Waals surface area (Å²) >= 11 is 0. The third-order valence-corrected chi connectivity index (χ3v) is 3.25. The molecule has 3 nitrogen and oxygen atoms in total. The lowest BCUT2D eigenvalue weighted by Gasteiger charge is -2.10. The molecule has 2 unspecified atom stereocenters. The SMILES string of the molecule is CC(C)c1n[nH]c(C2CCCC2C)n1. The van der Waals surface area contributed by atoms with Gasteiger partial charge in [0.2, 0.25) is 0 Å². The number of hydrogen-bond donors (Lipinski definition) is 1. The summed E-state index contributed by atoms with van der Waals surface area (Å²) in [5, 5.41) is 7.36.